The molecule has 0 aliphatic heterocycles. The first-order valence-electron chi connectivity index (χ1n) is 11.4. The standard InChI is InChI=1S/C26H32N4O2/c1-5-29(6-2)15-13-27-19-9-11-21-23(17-19)25(31)22-12-10-20(18-24(22)26(21)32)28-14-16-30(7-3)8-4/h11-18H,5-10H2,1-4H3. The Balaban J connectivity index is 1.82. The highest BCUT2D eigenvalue weighted by Crippen LogP contribution is 2.35. The first-order valence-corrected chi connectivity index (χ1v) is 11.4. The van der Waals surface area contributed by atoms with Crippen molar-refractivity contribution in [2.24, 2.45) is 9.98 Å². The van der Waals surface area contributed by atoms with Gasteiger partial charge in [-0.3, -0.25) is 19.6 Å². The zero-order valence-electron chi connectivity index (χ0n) is 19.5. The van der Waals surface area contributed by atoms with Crippen molar-refractivity contribution in [2.45, 2.75) is 40.5 Å². The average molecular weight is 433 g/mol. The van der Waals surface area contributed by atoms with Crippen LogP contribution in [0.2, 0.25) is 0 Å². The van der Waals surface area contributed by atoms with Crippen LogP contribution in [0.5, 0.6) is 0 Å². The fraction of sp³-hybridized carbons (Fsp3) is 0.385. The van der Waals surface area contributed by atoms with Crippen LogP contribution in [0, 0.1) is 0 Å². The van der Waals surface area contributed by atoms with E-state index in [9.17, 15) is 9.59 Å². The van der Waals surface area contributed by atoms with Crippen LogP contribution in [-0.2, 0) is 9.59 Å². The van der Waals surface area contributed by atoms with Crippen molar-refractivity contribution in [3.63, 3.8) is 0 Å². The second-order valence-electron chi connectivity index (χ2n) is 7.70. The number of allylic oxidation sites excluding steroid dienone is 8. The van der Waals surface area contributed by atoms with Crippen LogP contribution >= 0.6 is 0 Å². The second-order valence-corrected chi connectivity index (χ2v) is 7.70. The molecule has 0 unspecified atom stereocenters. The Morgan fingerprint density at radius 3 is 1.41 bits per heavy atom. The predicted octanol–water partition coefficient (Wildman–Crippen LogP) is 4.16. The van der Waals surface area contributed by atoms with Gasteiger partial charge in [0.2, 0.25) is 0 Å². The number of aliphatic imine (C=N–C) groups is 2. The minimum atomic E-state index is -0.111. The zero-order valence-corrected chi connectivity index (χ0v) is 19.5. The fourth-order valence-electron chi connectivity index (χ4n) is 3.83. The highest BCUT2D eigenvalue weighted by molar-refractivity contribution is 6.37. The van der Waals surface area contributed by atoms with Crippen molar-refractivity contribution in [1.29, 1.82) is 0 Å². The lowest BCUT2D eigenvalue weighted by molar-refractivity contribution is -0.117. The number of carbonyl (C=O) groups is 2. The van der Waals surface area contributed by atoms with Gasteiger partial charge in [0.25, 0.3) is 0 Å². The van der Waals surface area contributed by atoms with E-state index in [0.29, 0.717) is 35.1 Å². The number of fused-ring (bicyclic) bond motifs is 2. The van der Waals surface area contributed by atoms with Gasteiger partial charge < -0.3 is 9.80 Å². The molecule has 0 N–H and O–H groups in total. The summed E-state index contributed by atoms with van der Waals surface area (Å²) in [5.74, 6) is -0.222. The molecule has 1 fully saturated rings. The Morgan fingerprint density at radius 2 is 1.06 bits per heavy atom. The van der Waals surface area contributed by atoms with Gasteiger partial charge in [-0.1, -0.05) is 12.2 Å². The first-order chi connectivity index (χ1) is 15.5. The van der Waals surface area contributed by atoms with Crippen molar-refractivity contribution in [3.05, 3.63) is 71.4 Å². The average Bonchev–Trinajstić information content (AvgIpc) is 2.83. The third kappa shape index (κ3) is 5.13. The quantitative estimate of drug-likeness (QED) is 0.578. The Hall–Kier alpha value is -3.28. The van der Waals surface area contributed by atoms with Gasteiger partial charge in [-0.05, 0) is 39.8 Å². The molecule has 32 heavy (non-hydrogen) atoms. The summed E-state index contributed by atoms with van der Waals surface area (Å²) in [6.07, 6.45) is 15.6. The molecule has 0 aromatic heterocycles. The highest BCUT2D eigenvalue weighted by Gasteiger charge is 2.37. The maximum atomic E-state index is 13.1. The van der Waals surface area contributed by atoms with E-state index in [1.54, 1.807) is 24.6 Å². The number of carbonyl (C=O) groups excluding carboxylic acids is 2. The number of hydrogen-bond acceptors (Lipinski definition) is 6. The van der Waals surface area contributed by atoms with Gasteiger partial charge >= 0.3 is 0 Å². The molecule has 0 aromatic carbocycles. The summed E-state index contributed by atoms with van der Waals surface area (Å²) >= 11 is 0. The first kappa shape index (κ1) is 23.4. The molecule has 0 spiro atoms. The topological polar surface area (TPSA) is 65.3 Å². The van der Waals surface area contributed by atoms with Gasteiger partial charge in [0.05, 0.1) is 0 Å². The highest BCUT2D eigenvalue weighted by atomic mass is 16.1. The van der Waals surface area contributed by atoms with E-state index in [1.807, 2.05) is 24.6 Å². The van der Waals surface area contributed by atoms with Crippen LogP contribution in [-0.4, -0.2) is 59.0 Å². The normalized spacial score (nSPS) is 20.9. The molecule has 1 saturated carbocycles. The van der Waals surface area contributed by atoms with Crippen molar-refractivity contribution >= 4 is 23.0 Å². The summed E-state index contributed by atoms with van der Waals surface area (Å²) in [4.78, 5) is 39.5. The number of Topliss-reactive ketones (excluding diaryl/α,β-unsaturated/α-hetero) is 2. The molecule has 0 amide bonds. The molecule has 6 nitrogen and oxygen atoms in total. The molecule has 0 atom stereocenters. The number of nitrogens with zero attached hydrogens (tertiary/aromatic N) is 4. The van der Waals surface area contributed by atoms with Gasteiger partial charge in [-0.2, -0.15) is 0 Å². The summed E-state index contributed by atoms with van der Waals surface area (Å²) in [7, 11) is 0. The Morgan fingerprint density at radius 1 is 0.688 bits per heavy atom. The summed E-state index contributed by atoms with van der Waals surface area (Å²) in [5, 5.41) is 0. The van der Waals surface area contributed by atoms with Crippen LogP contribution in [0.3, 0.4) is 0 Å². The van der Waals surface area contributed by atoms with E-state index in [-0.39, 0.29) is 11.6 Å². The maximum Gasteiger partial charge on any atom is 0.194 e. The molecule has 0 radical (unpaired) electrons. The van der Waals surface area contributed by atoms with Gasteiger partial charge in [0, 0.05) is 97.5 Å². The van der Waals surface area contributed by atoms with Crippen LogP contribution in [0.1, 0.15) is 40.5 Å². The molecule has 3 aliphatic rings. The van der Waals surface area contributed by atoms with Crippen LogP contribution < -0.4 is 0 Å². The lowest BCUT2D eigenvalue weighted by Crippen LogP contribution is -2.30. The monoisotopic (exact) mass is 432 g/mol. The molecule has 168 valence electrons. The maximum absolute atomic E-state index is 13.1. The molecule has 0 saturated heterocycles. The third-order valence-electron chi connectivity index (χ3n) is 5.87. The summed E-state index contributed by atoms with van der Waals surface area (Å²) in [6.45, 7) is 12.0. The number of ketones is 2. The molecular formula is C26H32N4O2. The van der Waals surface area contributed by atoms with Crippen LogP contribution in [0.4, 0.5) is 0 Å². The minimum absolute atomic E-state index is 0.111. The second kappa shape index (κ2) is 10.8. The Bertz CT molecular complexity index is 928. The van der Waals surface area contributed by atoms with E-state index >= 15 is 0 Å². The lowest BCUT2D eigenvalue weighted by atomic mass is 9.75. The Labute approximate surface area is 190 Å². The molecular weight excluding hydrogens is 400 g/mol. The fourth-order valence-corrected chi connectivity index (χ4v) is 3.83. The molecule has 0 aromatic rings. The van der Waals surface area contributed by atoms with E-state index in [2.05, 4.69) is 47.5 Å². The molecule has 0 bridgehead atoms. The Kier molecular flexibility index (Phi) is 7.92. The van der Waals surface area contributed by atoms with E-state index in [1.165, 1.54) is 0 Å². The van der Waals surface area contributed by atoms with E-state index < -0.39 is 0 Å². The lowest BCUT2D eigenvalue weighted by Gasteiger charge is -2.26. The van der Waals surface area contributed by atoms with Gasteiger partial charge in [-0.25, -0.2) is 0 Å². The molecule has 0 heterocycles. The summed E-state index contributed by atoms with van der Waals surface area (Å²) in [5.41, 5.74) is 3.40. The SMILES string of the molecule is CCN(C=CN=C1C=C2C(=O)C3=CCC(=NC=CN(CC)CC)C=C3C(=O)C2=CC1)CC. The molecule has 3 rings (SSSR count). The third-order valence-corrected chi connectivity index (χ3v) is 5.87. The van der Waals surface area contributed by atoms with Crippen molar-refractivity contribution in [2.75, 3.05) is 26.2 Å². The van der Waals surface area contributed by atoms with Crippen LogP contribution in [0.15, 0.2) is 81.4 Å². The molecule has 3 aliphatic carbocycles. The summed E-state index contributed by atoms with van der Waals surface area (Å²) < 4.78 is 0. The smallest absolute Gasteiger partial charge is 0.194 e. The van der Waals surface area contributed by atoms with Crippen molar-refractivity contribution < 1.29 is 9.59 Å². The van der Waals surface area contributed by atoms with Crippen molar-refractivity contribution in [1.82, 2.24) is 9.80 Å². The van der Waals surface area contributed by atoms with E-state index in [4.69, 9.17) is 0 Å². The zero-order chi connectivity index (χ0) is 23.1. The van der Waals surface area contributed by atoms with Gasteiger partial charge in [0.15, 0.2) is 11.6 Å². The van der Waals surface area contributed by atoms with Crippen molar-refractivity contribution in [3.8, 4) is 0 Å². The largest absolute Gasteiger partial charge is 0.377 e. The number of rotatable bonds is 8. The summed E-state index contributed by atoms with van der Waals surface area (Å²) in [6, 6.07) is 0. The number of hydrogen-bond donors (Lipinski definition) is 0. The molecule has 6 heteroatoms. The van der Waals surface area contributed by atoms with Gasteiger partial charge in [0.1, 0.15) is 0 Å². The minimum Gasteiger partial charge on any atom is -0.377 e. The van der Waals surface area contributed by atoms with E-state index in [0.717, 1.165) is 37.6 Å². The van der Waals surface area contributed by atoms with Crippen LogP contribution in [0.25, 0.3) is 0 Å². The predicted molar refractivity (Wildman–Crippen MR) is 131 cm³/mol. The van der Waals surface area contributed by atoms with Gasteiger partial charge in [-0.15, -0.1) is 0 Å².